The summed E-state index contributed by atoms with van der Waals surface area (Å²) < 4.78 is 2.06. The van der Waals surface area contributed by atoms with Crippen LogP contribution in [0.3, 0.4) is 0 Å². The Hall–Kier alpha value is -1.65. The molecule has 1 aromatic carbocycles. The summed E-state index contributed by atoms with van der Waals surface area (Å²) in [4.78, 5) is 2.34. The number of aliphatic hydroxyl groups is 1. The molecule has 20 heavy (non-hydrogen) atoms. The first kappa shape index (κ1) is 13.3. The second kappa shape index (κ2) is 6.20. The molecule has 2 aromatic rings. The molecule has 1 atom stereocenters. The fraction of sp³-hybridized carbons (Fsp3) is 0.438. The number of rotatable bonds is 4. The number of aliphatic hydroxyl groups excluding tert-OH is 1. The predicted octanol–water partition coefficient (Wildman–Crippen LogP) is 2.25. The molecule has 0 spiro atoms. The van der Waals surface area contributed by atoms with Crippen LogP contribution in [0.25, 0.3) is 0 Å². The Morgan fingerprint density at radius 3 is 2.55 bits per heavy atom. The molecule has 0 radical (unpaired) electrons. The van der Waals surface area contributed by atoms with Crippen molar-refractivity contribution in [1.29, 1.82) is 0 Å². The number of aromatic nitrogens is 2. The molecular weight excluding hydrogens is 250 g/mol. The van der Waals surface area contributed by atoms with Gasteiger partial charge < -0.3 is 10.0 Å². The van der Waals surface area contributed by atoms with Gasteiger partial charge in [-0.05, 0) is 24.5 Å². The molecule has 1 saturated heterocycles. The topological polar surface area (TPSA) is 41.3 Å². The van der Waals surface area contributed by atoms with Gasteiger partial charge in [0.2, 0.25) is 0 Å². The average Bonchev–Trinajstić information content (AvgIpc) is 3.03. The fourth-order valence-corrected chi connectivity index (χ4v) is 2.89. The van der Waals surface area contributed by atoms with Crippen LogP contribution in [-0.4, -0.2) is 39.4 Å². The van der Waals surface area contributed by atoms with Gasteiger partial charge in [-0.25, -0.2) is 0 Å². The molecule has 1 aromatic heterocycles. The van der Waals surface area contributed by atoms with E-state index in [1.807, 2.05) is 48.8 Å². The van der Waals surface area contributed by atoms with Gasteiger partial charge in [-0.15, -0.1) is 0 Å². The van der Waals surface area contributed by atoms with Crippen LogP contribution in [0, 0.1) is 0 Å². The molecule has 0 saturated carbocycles. The fourth-order valence-electron chi connectivity index (χ4n) is 2.89. The SMILES string of the molecule is OC(CN1CCC(n2cccn2)CC1)c1ccccc1. The molecule has 0 amide bonds. The largest absolute Gasteiger partial charge is 0.387 e. The van der Waals surface area contributed by atoms with E-state index in [1.165, 1.54) is 0 Å². The Morgan fingerprint density at radius 2 is 1.90 bits per heavy atom. The highest BCUT2D eigenvalue weighted by Crippen LogP contribution is 2.23. The van der Waals surface area contributed by atoms with Crippen molar-refractivity contribution in [3.63, 3.8) is 0 Å². The van der Waals surface area contributed by atoms with E-state index in [0.717, 1.165) is 38.0 Å². The first-order valence-electron chi connectivity index (χ1n) is 7.27. The van der Waals surface area contributed by atoms with Crippen LogP contribution in [-0.2, 0) is 0 Å². The summed E-state index contributed by atoms with van der Waals surface area (Å²) in [6.45, 7) is 2.76. The summed E-state index contributed by atoms with van der Waals surface area (Å²) in [6, 6.07) is 12.4. The lowest BCUT2D eigenvalue weighted by atomic mass is 10.0. The standard InChI is InChI=1S/C16H21N3O/c20-16(14-5-2-1-3-6-14)13-18-11-7-15(8-12-18)19-10-4-9-17-19/h1-6,9-10,15-16,20H,7-8,11-13H2. The van der Waals surface area contributed by atoms with Gasteiger partial charge >= 0.3 is 0 Å². The maximum absolute atomic E-state index is 10.3. The Labute approximate surface area is 119 Å². The molecule has 4 nitrogen and oxygen atoms in total. The Morgan fingerprint density at radius 1 is 1.15 bits per heavy atom. The average molecular weight is 271 g/mol. The van der Waals surface area contributed by atoms with E-state index in [0.29, 0.717) is 6.04 Å². The van der Waals surface area contributed by atoms with Crippen LogP contribution in [0.5, 0.6) is 0 Å². The number of hydrogen-bond acceptors (Lipinski definition) is 3. The van der Waals surface area contributed by atoms with Crippen LogP contribution < -0.4 is 0 Å². The van der Waals surface area contributed by atoms with E-state index in [1.54, 1.807) is 0 Å². The minimum atomic E-state index is -0.391. The van der Waals surface area contributed by atoms with E-state index < -0.39 is 6.10 Å². The van der Waals surface area contributed by atoms with E-state index in [4.69, 9.17) is 0 Å². The van der Waals surface area contributed by atoms with Crippen molar-refractivity contribution >= 4 is 0 Å². The smallest absolute Gasteiger partial charge is 0.0916 e. The van der Waals surface area contributed by atoms with Gasteiger partial charge in [0, 0.05) is 32.0 Å². The molecule has 0 bridgehead atoms. The van der Waals surface area contributed by atoms with Crippen molar-refractivity contribution in [3.05, 3.63) is 54.4 Å². The third kappa shape index (κ3) is 3.08. The van der Waals surface area contributed by atoms with Crippen LogP contribution in [0.1, 0.15) is 30.6 Å². The molecule has 1 fully saturated rings. The zero-order chi connectivity index (χ0) is 13.8. The van der Waals surface area contributed by atoms with Crippen LogP contribution in [0.2, 0.25) is 0 Å². The molecule has 1 N–H and O–H groups in total. The predicted molar refractivity (Wildman–Crippen MR) is 78.3 cm³/mol. The molecule has 1 aliphatic heterocycles. The van der Waals surface area contributed by atoms with Gasteiger partial charge in [0.05, 0.1) is 12.1 Å². The summed E-state index contributed by atoms with van der Waals surface area (Å²) in [6.07, 6.45) is 5.69. The third-order valence-corrected chi connectivity index (χ3v) is 4.07. The quantitative estimate of drug-likeness (QED) is 0.927. The van der Waals surface area contributed by atoms with E-state index in [9.17, 15) is 5.11 Å². The van der Waals surface area contributed by atoms with Crippen LogP contribution in [0.15, 0.2) is 48.8 Å². The first-order valence-corrected chi connectivity index (χ1v) is 7.27. The number of hydrogen-bond donors (Lipinski definition) is 1. The normalized spacial score (nSPS) is 19.1. The summed E-state index contributed by atoms with van der Waals surface area (Å²) in [7, 11) is 0. The summed E-state index contributed by atoms with van der Waals surface area (Å²) >= 11 is 0. The number of piperidine rings is 1. The van der Waals surface area contributed by atoms with Gasteiger partial charge in [0.15, 0.2) is 0 Å². The Balaban J connectivity index is 1.51. The summed E-state index contributed by atoms with van der Waals surface area (Å²) in [5, 5.41) is 14.6. The molecule has 3 rings (SSSR count). The summed E-state index contributed by atoms with van der Waals surface area (Å²) in [5.41, 5.74) is 1.00. The number of benzene rings is 1. The van der Waals surface area contributed by atoms with Gasteiger partial charge in [0.25, 0.3) is 0 Å². The Kier molecular flexibility index (Phi) is 4.14. The zero-order valence-corrected chi connectivity index (χ0v) is 11.6. The van der Waals surface area contributed by atoms with Crippen LogP contribution >= 0.6 is 0 Å². The molecular formula is C16H21N3O. The van der Waals surface area contributed by atoms with Crippen molar-refractivity contribution in [2.24, 2.45) is 0 Å². The third-order valence-electron chi connectivity index (χ3n) is 4.07. The van der Waals surface area contributed by atoms with Gasteiger partial charge in [0.1, 0.15) is 0 Å². The highest BCUT2D eigenvalue weighted by molar-refractivity contribution is 5.17. The first-order chi connectivity index (χ1) is 9.83. The number of β-amino-alcohol motifs (C(OH)–C–C–N with tert-alkyl or cyclic N) is 1. The van der Waals surface area contributed by atoms with Crippen molar-refractivity contribution < 1.29 is 5.11 Å². The molecule has 4 heteroatoms. The molecule has 106 valence electrons. The van der Waals surface area contributed by atoms with Crippen molar-refractivity contribution in [2.45, 2.75) is 25.0 Å². The van der Waals surface area contributed by atoms with E-state index in [2.05, 4.69) is 14.7 Å². The van der Waals surface area contributed by atoms with Gasteiger partial charge in [-0.2, -0.15) is 5.10 Å². The minimum Gasteiger partial charge on any atom is -0.387 e. The zero-order valence-electron chi connectivity index (χ0n) is 11.6. The number of nitrogens with zero attached hydrogens (tertiary/aromatic N) is 3. The highest BCUT2D eigenvalue weighted by Gasteiger charge is 2.22. The molecule has 0 aliphatic carbocycles. The molecule has 1 unspecified atom stereocenters. The second-order valence-corrected chi connectivity index (χ2v) is 5.44. The Bertz CT molecular complexity index is 504. The second-order valence-electron chi connectivity index (χ2n) is 5.44. The van der Waals surface area contributed by atoms with Crippen molar-refractivity contribution in [2.75, 3.05) is 19.6 Å². The highest BCUT2D eigenvalue weighted by atomic mass is 16.3. The minimum absolute atomic E-state index is 0.391. The lowest BCUT2D eigenvalue weighted by molar-refractivity contribution is 0.0890. The lowest BCUT2D eigenvalue weighted by Gasteiger charge is -2.33. The van der Waals surface area contributed by atoms with E-state index >= 15 is 0 Å². The van der Waals surface area contributed by atoms with Crippen LogP contribution in [0.4, 0.5) is 0 Å². The monoisotopic (exact) mass is 271 g/mol. The van der Waals surface area contributed by atoms with Gasteiger partial charge in [-0.1, -0.05) is 30.3 Å². The maximum Gasteiger partial charge on any atom is 0.0916 e. The van der Waals surface area contributed by atoms with Gasteiger partial charge in [-0.3, -0.25) is 4.68 Å². The number of likely N-dealkylation sites (tertiary alicyclic amines) is 1. The van der Waals surface area contributed by atoms with Crippen molar-refractivity contribution in [3.8, 4) is 0 Å². The maximum atomic E-state index is 10.3. The van der Waals surface area contributed by atoms with E-state index in [-0.39, 0.29) is 0 Å². The lowest BCUT2D eigenvalue weighted by Crippen LogP contribution is -2.37. The summed E-state index contributed by atoms with van der Waals surface area (Å²) in [5.74, 6) is 0. The molecule has 1 aliphatic rings. The molecule has 2 heterocycles. The van der Waals surface area contributed by atoms with Crippen molar-refractivity contribution in [1.82, 2.24) is 14.7 Å².